The predicted octanol–water partition coefficient (Wildman–Crippen LogP) is 0.844. The van der Waals surface area contributed by atoms with Gasteiger partial charge in [-0.05, 0) is 31.5 Å². The van der Waals surface area contributed by atoms with Gasteiger partial charge < -0.3 is 4.90 Å². The summed E-state index contributed by atoms with van der Waals surface area (Å²) >= 11 is 0. The molecule has 1 amide bonds. The third-order valence-electron chi connectivity index (χ3n) is 2.76. The number of likely N-dealkylation sites (N-methyl/N-ethyl adjacent to an activating group) is 1. The van der Waals surface area contributed by atoms with Crippen molar-refractivity contribution in [3.05, 3.63) is 35.4 Å². The van der Waals surface area contributed by atoms with Crippen LogP contribution >= 0.6 is 0 Å². The topological polar surface area (TPSA) is 90.3 Å². The summed E-state index contributed by atoms with van der Waals surface area (Å²) in [5.41, 5.74) is -0.337. The lowest BCUT2D eigenvalue weighted by atomic mass is 10.1. The fraction of sp³-hybridized carbons (Fsp3) is 0.429. The second kappa shape index (κ2) is 6.24. The molecule has 0 aliphatic rings. The molecule has 0 saturated heterocycles. The normalized spacial score (nSPS) is 11.8. The van der Waals surface area contributed by atoms with Gasteiger partial charge in [-0.25, -0.2) is 8.42 Å². The molecular formula is C14H19N3O3S. The monoisotopic (exact) mass is 309 g/mol. The van der Waals surface area contributed by atoms with Crippen molar-refractivity contribution in [2.24, 2.45) is 0 Å². The zero-order chi connectivity index (χ0) is 16.3. The van der Waals surface area contributed by atoms with Crippen molar-refractivity contribution in [2.75, 3.05) is 14.1 Å². The minimum atomic E-state index is -3.70. The quantitative estimate of drug-likeness (QED) is 0.873. The molecule has 0 aliphatic heterocycles. The van der Waals surface area contributed by atoms with Crippen LogP contribution in [0.2, 0.25) is 0 Å². The third kappa shape index (κ3) is 4.85. The number of nitrogens with one attached hydrogen (secondary N) is 1. The number of carbonyl (C=O) groups is 1. The van der Waals surface area contributed by atoms with E-state index in [4.69, 9.17) is 5.26 Å². The van der Waals surface area contributed by atoms with Crippen LogP contribution in [0.5, 0.6) is 0 Å². The summed E-state index contributed by atoms with van der Waals surface area (Å²) in [4.78, 5) is 13.3. The lowest BCUT2D eigenvalue weighted by Gasteiger charge is -2.27. The van der Waals surface area contributed by atoms with Gasteiger partial charge in [0.2, 0.25) is 15.9 Å². The zero-order valence-electron chi connectivity index (χ0n) is 12.5. The van der Waals surface area contributed by atoms with Gasteiger partial charge in [0.25, 0.3) is 0 Å². The van der Waals surface area contributed by atoms with E-state index in [0.717, 1.165) is 0 Å². The Bertz CT molecular complexity index is 673. The van der Waals surface area contributed by atoms with Crippen molar-refractivity contribution in [1.29, 1.82) is 5.26 Å². The second-order valence-electron chi connectivity index (χ2n) is 5.50. The molecule has 0 spiro atoms. The molecule has 0 radical (unpaired) electrons. The van der Waals surface area contributed by atoms with Crippen LogP contribution in [0.1, 0.15) is 25.0 Å². The van der Waals surface area contributed by atoms with Crippen molar-refractivity contribution < 1.29 is 13.2 Å². The molecule has 6 nitrogen and oxygen atoms in total. The molecule has 0 atom stereocenters. The highest BCUT2D eigenvalue weighted by Crippen LogP contribution is 2.12. The fourth-order valence-corrected chi connectivity index (χ4v) is 3.53. The minimum Gasteiger partial charge on any atom is -0.347 e. The molecule has 21 heavy (non-hydrogen) atoms. The Morgan fingerprint density at radius 1 is 1.38 bits per heavy atom. The van der Waals surface area contributed by atoms with Crippen LogP contribution in [0.4, 0.5) is 0 Å². The molecule has 7 heteroatoms. The van der Waals surface area contributed by atoms with E-state index in [-0.39, 0.29) is 11.7 Å². The molecule has 0 saturated carbocycles. The molecule has 1 aromatic carbocycles. The lowest BCUT2D eigenvalue weighted by molar-refractivity contribution is -0.133. The summed E-state index contributed by atoms with van der Waals surface area (Å²) in [7, 11) is -0.574. The Labute approximate surface area is 125 Å². The molecule has 1 rings (SSSR count). The summed E-state index contributed by atoms with van der Waals surface area (Å²) in [5, 5.41) is 8.82. The third-order valence-corrected chi connectivity index (χ3v) is 4.30. The zero-order valence-corrected chi connectivity index (χ0v) is 13.4. The van der Waals surface area contributed by atoms with Crippen molar-refractivity contribution in [3.8, 4) is 6.07 Å². The van der Waals surface area contributed by atoms with Crippen LogP contribution in [0, 0.1) is 11.3 Å². The number of nitriles is 1. The van der Waals surface area contributed by atoms with Crippen LogP contribution < -0.4 is 4.72 Å². The first-order valence-electron chi connectivity index (χ1n) is 6.30. The van der Waals surface area contributed by atoms with Gasteiger partial charge in [-0.2, -0.15) is 9.98 Å². The smallest absolute Gasteiger partial charge is 0.242 e. The number of sulfonamides is 1. The molecule has 1 N–H and O–H groups in total. The Hall–Kier alpha value is -1.91. The molecule has 0 aliphatic carbocycles. The van der Waals surface area contributed by atoms with E-state index in [0.29, 0.717) is 11.1 Å². The Morgan fingerprint density at radius 2 is 2.00 bits per heavy atom. The first kappa shape index (κ1) is 17.1. The molecule has 114 valence electrons. The summed E-state index contributed by atoms with van der Waals surface area (Å²) < 4.78 is 26.8. The summed E-state index contributed by atoms with van der Waals surface area (Å²) in [5.74, 6) is -0.621. The van der Waals surface area contributed by atoms with Crippen LogP contribution in [-0.2, 0) is 20.6 Å². The van der Waals surface area contributed by atoms with Crippen molar-refractivity contribution in [2.45, 2.75) is 25.1 Å². The highest BCUT2D eigenvalue weighted by molar-refractivity contribution is 7.88. The fourth-order valence-electron chi connectivity index (χ4n) is 1.98. The molecule has 0 heterocycles. The molecule has 0 aromatic heterocycles. The van der Waals surface area contributed by atoms with E-state index in [1.165, 1.54) is 24.8 Å². The molecule has 0 bridgehead atoms. The Balaban J connectivity index is 2.92. The van der Waals surface area contributed by atoms with Gasteiger partial charge in [0.1, 0.15) is 5.54 Å². The predicted molar refractivity (Wildman–Crippen MR) is 79.7 cm³/mol. The van der Waals surface area contributed by atoms with Gasteiger partial charge in [0.15, 0.2) is 0 Å². The van der Waals surface area contributed by atoms with Gasteiger partial charge in [-0.15, -0.1) is 0 Å². The van der Waals surface area contributed by atoms with E-state index < -0.39 is 15.6 Å². The number of carbonyl (C=O) groups excluding carboxylic acids is 1. The largest absolute Gasteiger partial charge is 0.347 e. The maximum absolute atomic E-state index is 12.2. The van der Waals surface area contributed by atoms with Crippen LogP contribution in [0.15, 0.2) is 24.3 Å². The van der Waals surface area contributed by atoms with Gasteiger partial charge in [0, 0.05) is 14.1 Å². The number of rotatable bonds is 5. The Kier molecular flexibility index (Phi) is 5.10. The van der Waals surface area contributed by atoms with E-state index in [9.17, 15) is 13.2 Å². The number of hydrogen-bond acceptors (Lipinski definition) is 4. The lowest BCUT2D eigenvalue weighted by Crippen LogP contribution is -2.54. The van der Waals surface area contributed by atoms with Gasteiger partial charge in [-0.3, -0.25) is 4.79 Å². The van der Waals surface area contributed by atoms with E-state index >= 15 is 0 Å². The van der Waals surface area contributed by atoms with Crippen molar-refractivity contribution in [3.63, 3.8) is 0 Å². The van der Waals surface area contributed by atoms with Gasteiger partial charge >= 0.3 is 0 Å². The first-order valence-corrected chi connectivity index (χ1v) is 7.95. The standard InChI is InChI=1S/C14H19N3O3S/c1-14(2,13(18)17(3)4)16-21(19,20)10-12-7-5-6-11(8-12)9-15/h5-8,16H,10H2,1-4H3. The molecule has 0 unspecified atom stereocenters. The van der Waals surface area contributed by atoms with Gasteiger partial charge in [-0.1, -0.05) is 12.1 Å². The van der Waals surface area contributed by atoms with E-state index in [1.54, 1.807) is 32.3 Å². The van der Waals surface area contributed by atoms with Crippen LogP contribution in [0.3, 0.4) is 0 Å². The summed E-state index contributed by atoms with van der Waals surface area (Å²) in [6, 6.07) is 8.32. The maximum Gasteiger partial charge on any atom is 0.242 e. The number of hydrogen-bond donors (Lipinski definition) is 1. The number of amides is 1. The summed E-state index contributed by atoms with van der Waals surface area (Å²) in [6.45, 7) is 3.02. The SMILES string of the molecule is CN(C)C(=O)C(C)(C)NS(=O)(=O)Cc1cccc(C#N)c1. The average molecular weight is 309 g/mol. The molecule has 1 aromatic rings. The number of benzene rings is 1. The Morgan fingerprint density at radius 3 is 2.52 bits per heavy atom. The first-order chi connectivity index (χ1) is 9.57. The van der Waals surface area contributed by atoms with Crippen LogP contribution in [0.25, 0.3) is 0 Å². The minimum absolute atomic E-state index is 0.285. The van der Waals surface area contributed by atoms with E-state index in [1.807, 2.05) is 6.07 Å². The van der Waals surface area contributed by atoms with Crippen molar-refractivity contribution >= 4 is 15.9 Å². The second-order valence-corrected chi connectivity index (χ2v) is 7.22. The summed E-state index contributed by atoms with van der Waals surface area (Å²) in [6.07, 6.45) is 0. The maximum atomic E-state index is 12.2. The van der Waals surface area contributed by atoms with E-state index in [2.05, 4.69) is 4.72 Å². The van der Waals surface area contributed by atoms with Crippen LogP contribution in [-0.4, -0.2) is 38.9 Å². The molecular weight excluding hydrogens is 290 g/mol. The average Bonchev–Trinajstić information content (AvgIpc) is 2.35. The van der Waals surface area contributed by atoms with Crippen molar-refractivity contribution in [1.82, 2.24) is 9.62 Å². The number of nitrogens with zero attached hydrogens (tertiary/aromatic N) is 2. The van der Waals surface area contributed by atoms with Gasteiger partial charge in [0.05, 0.1) is 17.4 Å². The highest BCUT2D eigenvalue weighted by atomic mass is 32.2. The molecule has 0 fully saturated rings. The highest BCUT2D eigenvalue weighted by Gasteiger charge is 2.33.